The molecule has 0 radical (unpaired) electrons. The highest BCUT2D eigenvalue weighted by Crippen LogP contribution is 2.23. The first-order valence-corrected chi connectivity index (χ1v) is 9.12. The van der Waals surface area contributed by atoms with E-state index in [4.69, 9.17) is 0 Å². The van der Waals surface area contributed by atoms with Crippen molar-refractivity contribution in [2.75, 3.05) is 19.3 Å². The topological polar surface area (TPSA) is 37.4 Å². The van der Waals surface area contributed by atoms with E-state index in [1.807, 2.05) is 0 Å². The van der Waals surface area contributed by atoms with E-state index in [1.165, 1.54) is 17.4 Å². The smallest absolute Gasteiger partial charge is 0.151 e. The van der Waals surface area contributed by atoms with Gasteiger partial charge in [-0.25, -0.2) is 8.42 Å². The number of likely N-dealkylation sites (tertiary alicyclic amines) is 1. The zero-order valence-electron chi connectivity index (χ0n) is 12.9. The Morgan fingerprint density at radius 2 is 1.80 bits per heavy atom. The number of rotatable bonds is 3. The molecule has 1 aromatic carbocycles. The zero-order chi connectivity index (χ0) is 15.0. The van der Waals surface area contributed by atoms with Crippen LogP contribution < -0.4 is 0 Å². The van der Waals surface area contributed by atoms with Crippen molar-refractivity contribution >= 4 is 9.84 Å². The molecule has 1 aromatic rings. The normalized spacial score (nSPS) is 21.3. The van der Waals surface area contributed by atoms with Crippen molar-refractivity contribution in [3.8, 4) is 0 Å². The van der Waals surface area contributed by atoms with Gasteiger partial charge in [0.2, 0.25) is 0 Å². The highest BCUT2D eigenvalue weighted by Gasteiger charge is 2.29. The van der Waals surface area contributed by atoms with Crippen LogP contribution in [0.4, 0.5) is 0 Å². The second-order valence-corrected chi connectivity index (χ2v) is 9.25. The Morgan fingerprint density at radius 3 is 2.25 bits per heavy atom. The molecule has 3 nitrogen and oxygen atoms in total. The van der Waals surface area contributed by atoms with Crippen molar-refractivity contribution in [3.63, 3.8) is 0 Å². The molecule has 1 heterocycles. The Labute approximate surface area is 122 Å². The third-order valence-corrected chi connectivity index (χ3v) is 5.66. The van der Waals surface area contributed by atoms with Crippen LogP contribution in [0.1, 0.15) is 38.3 Å². The minimum Gasteiger partial charge on any atom is -0.298 e. The molecule has 112 valence electrons. The molecule has 0 amide bonds. The van der Waals surface area contributed by atoms with E-state index in [2.05, 4.69) is 49.9 Å². The molecule has 1 aliphatic rings. The Balaban J connectivity index is 1.99. The van der Waals surface area contributed by atoms with Gasteiger partial charge in [0.25, 0.3) is 0 Å². The van der Waals surface area contributed by atoms with Gasteiger partial charge in [-0.15, -0.1) is 0 Å². The maximum absolute atomic E-state index is 11.6. The zero-order valence-corrected chi connectivity index (χ0v) is 13.7. The molecule has 2 rings (SSSR count). The van der Waals surface area contributed by atoms with Crippen LogP contribution in [0.25, 0.3) is 0 Å². The Bertz CT molecular complexity index is 555. The van der Waals surface area contributed by atoms with Gasteiger partial charge in [-0.2, -0.15) is 0 Å². The van der Waals surface area contributed by atoms with Crippen molar-refractivity contribution in [1.29, 1.82) is 0 Å². The number of hydrogen-bond donors (Lipinski definition) is 0. The van der Waals surface area contributed by atoms with Crippen LogP contribution in [0.15, 0.2) is 24.3 Å². The van der Waals surface area contributed by atoms with Gasteiger partial charge in [0, 0.05) is 19.3 Å². The van der Waals surface area contributed by atoms with Crippen LogP contribution >= 0.6 is 0 Å². The Kier molecular flexibility index (Phi) is 4.26. The molecule has 0 saturated carbocycles. The van der Waals surface area contributed by atoms with Gasteiger partial charge in [0.05, 0.1) is 5.25 Å². The highest BCUT2D eigenvalue weighted by atomic mass is 32.2. The molecule has 1 saturated heterocycles. The fourth-order valence-electron chi connectivity index (χ4n) is 2.66. The van der Waals surface area contributed by atoms with Gasteiger partial charge >= 0.3 is 0 Å². The van der Waals surface area contributed by atoms with Gasteiger partial charge in [0.1, 0.15) is 0 Å². The lowest BCUT2D eigenvalue weighted by Crippen LogP contribution is -2.26. The van der Waals surface area contributed by atoms with Crippen LogP contribution in [-0.4, -0.2) is 37.9 Å². The third kappa shape index (κ3) is 3.83. The summed E-state index contributed by atoms with van der Waals surface area (Å²) in [5.74, 6) is 0. The summed E-state index contributed by atoms with van der Waals surface area (Å²) in [6.07, 6.45) is 2.11. The van der Waals surface area contributed by atoms with Gasteiger partial charge in [-0.1, -0.05) is 45.0 Å². The summed E-state index contributed by atoms with van der Waals surface area (Å²) in [7, 11) is -2.90. The average Bonchev–Trinajstić information content (AvgIpc) is 2.77. The lowest BCUT2D eigenvalue weighted by atomic mass is 9.87. The molecule has 0 N–H and O–H groups in total. The minimum absolute atomic E-state index is 0.174. The van der Waals surface area contributed by atoms with Gasteiger partial charge in [0.15, 0.2) is 9.84 Å². The molecule has 4 heteroatoms. The first-order valence-electron chi connectivity index (χ1n) is 7.17. The molecule has 0 aliphatic carbocycles. The number of sulfone groups is 1. The number of hydrogen-bond acceptors (Lipinski definition) is 3. The molecule has 1 unspecified atom stereocenters. The monoisotopic (exact) mass is 295 g/mol. The lowest BCUT2D eigenvalue weighted by molar-refractivity contribution is 0.331. The standard InChI is InChI=1S/C16H25NO2S/c1-16(2,3)14-7-5-13(6-8-14)11-17-10-9-15(12-17)20(4,18)19/h5-8,15H,9-12H2,1-4H3. The van der Waals surface area contributed by atoms with E-state index in [1.54, 1.807) is 0 Å². The summed E-state index contributed by atoms with van der Waals surface area (Å²) in [6.45, 7) is 9.01. The van der Waals surface area contributed by atoms with Gasteiger partial charge < -0.3 is 0 Å². The van der Waals surface area contributed by atoms with Crippen molar-refractivity contribution in [2.24, 2.45) is 0 Å². The first kappa shape index (κ1) is 15.5. The first-order chi connectivity index (χ1) is 9.16. The summed E-state index contributed by atoms with van der Waals surface area (Å²) in [4.78, 5) is 2.23. The summed E-state index contributed by atoms with van der Waals surface area (Å²) >= 11 is 0. The fraction of sp³-hybridized carbons (Fsp3) is 0.625. The molecule has 1 atom stereocenters. The highest BCUT2D eigenvalue weighted by molar-refractivity contribution is 7.91. The number of nitrogens with zero attached hydrogens (tertiary/aromatic N) is 1. The van der Waals surface area contributed by atoms with E-state index < -0.39 is 9.84 Å². The fourth-order valence-corrected chi connectivity index (χ4v) is 3.67. The van der Waals surface area contributed by atoms with Crippen LogP contribution in [0, 0.1) is 0 Å². The maximum atomic E-state index is 11.6. The van der Waals surface area contributed by atoms with Gasteiger partial charge in [-0.3, -0.25) is 4.90 Å². The number of benzene rings is 1. The Morgan fingerprint density at radius 1 is 1.20 bits per heavy atom. The van der Waals surface area contributed by atoms with E-state index in [-0.39, 0.29) is 10.7 Å². The maximum Gasteiger partial charge on any atom is 0.151 e. The third-order valence-electron chi connectivity index (χ3n) is 4.06. The Hall–Kier alpha value is -0.870. The van der Waals surface area contributed by atoms with E-state index in [0.29, 0.717) is 6.54 Å². The van der Waals surface area contributed by atoms with Crippen molar-refractivity contribution < 1.29 is 8.42 Å². The summed E-state index contributed by atoms with van der Waals surface area (Å²) in [6, 6.07) is 8.68. The molecule has 20 heavy (non-hydrogen) atoms. The molecule has 1 fully saturated rings. The molecular formula is C16H25NO2S. The van der Waals surface area contributed by atoms with Gasteiger partial charge in [-0.05, 0) is 29.5 Å². The molecule has 0 spiro atoms. The predicted molar refractivity (Wildman–Crippen MR) is 83.7 cm³/mol. The second kappa shape index (κ2) is 5.49. The molecule has 0 aromatic heterocycles. The molecule has 0 bridgehead atoms. The van der Waals surface area contributed by atoms with Crippen molar-refractivity contribution in [3.05, 3.63) is 35.4 Å². The SMILES string of the molecule is CC(C)(C)c1ccc(CN2CCC(S(C)(=O)=O)C2)cc1. The van der Waals surface area contributed by atoms with E-state index in [0.717, 1.165) is 19.5 Å². The van der Waals surface area contributed by atoms with Crippen LogP contribution in [-0.2, 0) is 21.8 Å². The summed E-state index contributed by atoms with van der Waals surface area (Å²) in [5, 5.41) is -0.184. The van der Waals surface area contributed by atoms with Crippen LogP contribution in [0.3, 0.4) is 0 Å². The van der Waals surface area contributed by atoms with E-state index in [9.17, 15) is 8.42 Å². The predicted octanol–water partition coefficient (Wildman–Crippen LogP) is 2.60. The quantitative estimate of drug-likeness (QED) is 0.860. The van der Waals surface area contributed by atoms with Crippen LogP contribution in [0.5, 0.6) is 0 Å². The average molecular weight is 295 g/mol. The second-order valence-electron chi connectivity index (χ2n) is 6.92. The van der Waals surface area contributed by atoms with E-state index >= 15 is 0 Å². The lowest BCUT2D eigenvalue weighted by Gasteiger charge is -2.20. The molecular weight excluding hydrogens is 270 g/mol. The van der Waals surface area contributed by atoms with Crippen molar-refractivity contribution in [2.45, 2.75) is 44.4 Å². The van der Waals surface area contributed by atoms with Crippen LogP contribution in [0.2, 0.25) is 0 Å². The minimum atomic E-state index is -2.90. The summed E-state index contributed by atoms with van der Waals surface area (Å²) in [5.41, 5.74) is 2.76. The molecule has 1 aliphatic heterocycles. The van der Waals surface area contributed by atoms with Crippen molar-refractivity contribution in [1.82, 2.24) is 4.90 Å². The summed E-state index contributed by atoms with van der Waals surface area (Å²) < 4.78 is 23.1. The largest absolute Gasteiger partial charge is 0.298 e.